The number of imidazole rings is 1. The predicted octanol–water partition coefficient (Wildman–Crippen LogP) is 3.68. The fourth-order valence-corrected chi connectivity index (χ4v) is 3.20. The maximum Gasteiger partial charge on any atom is 0.289 e. The summed E-state index contributed by atoms with van der Waals surface area (Å²) in [4.78, 5) is 0. The van der Waals surface area contributed by atoms with Gasteiger partial charge >= 0.3 is 0 Å². The topological polar surface area (TPSA) is 8.81 Å². The van der Waals surface area contributed by atoms with Gasteiger partial charge in [-0.2, -0.15) is 0 Å². The lowest BCUT2D eigenvalue weighted by molar-refractivity contribution is -0.665. The van der Waals surface area contributed by atoms with Gasteiger partial charge in [0.1, 0.15) is 11.4 Å². The first-order chi connectivity index (χ1) is 9.20. The minimum Gasteiger partial charge on any atom is -0.230 e. The van der Waals surface area contributed by atoms with Gasteiger partial charge in [0.25, 0.3) is 5.82 Å². The Balaban J connectivity index is 2.95. The van der Waals surface area contributed by atoms with E-state index in [1.165, 1.54) is 50.6 Å². The van der Waals surface area contributed by atoms with Crippen molar-refractivity contribution in [3.8, 4) is 11.4 Å². The molecule has 2 nitrogen and oxygen atoms in total. The van der Waals surface area contributed by atoms with Crippen molar-refractivity contribution in [1.29, 1.82) is 0 Å². The van der Waals surface area contributed by atoms with Gasteiger partial charge in [0.2, 0.25) is 0 Å². The summed E-state index contributed by atoms with van der Waals surface area (Å²) in [6, 6.07) is 0. The average molecular weight is 271 g/mol. The monoisotopic (exact) mass is 271 g/mol. The molecule has 2 rings (SSSR count). The number of rotatable bonds is 1. The van der Waals surface area contributed by atoms with Crippen LogP contribution >= 0.6 is 0 Å². The highest BCUT2D eigenvalue weighted by atomic mass is 15.1. The third-order valence-electron chi connectivity index (χ3n) is 5.39. The Morgan fingerprint density at radius 2 is 1.10 bits per heavy atom. The van der Waals surface area contributed by atoms with Crippen LogP contribution in [0.2, 0.25) is 0 Å². The summed E-state index contributed by atoms with van der Waals surface area (Å²) in [6.45, 7) is 15.6. The quantitative estimate of drug-likeness (QED) is 0.700. The van der Waals surface area contributed by atoms with Gasteiger partial charge in [-0.15, -0.1) is 0 Å². The highest BCUT2D eigenvalue weighted by molar-refractivity contribution is 5.69. The minimum atomic E-state index is 1.31. The Bertz CT molecular complexity index is 649. The van der Waals surface area contributed by atoms with Crippen LogP contribution < -0.4 is 4.57 Å². The molecule has 0 amide bonds. The average Bonchev–Trinajstić information content (AvgIpc) is 2.61. The molecule has 2 aromatic rings. The Morgan fingerprint density at radius 3 is 1.45 bits per heavy atom. The van der Waals surface area contributed by atoms with Crippen LogP contribution in [0.5, 0.6) is 0 Å². The first-order valence-corrected chi connectivity index (χ1v) is 7.29. The zero-order valence-corrected chi connectivity index (χ0v) is 14.4. The van der Waals surface area contributed by atoms with Crippen molar-refractivity contribution in [2.24, 2.45) is 14.1 Å². The Kier molecular flexibility index (Phi) is 3.53. The van der Waals surface area contributed by atoms with E-state index in [2.05, 4.69) is 71.7 Å². The Morgan fingerprint density at radius 1 is 0.700 bits per heavy atom. The number of hydrogen-bond donors (Lipinski definition) is 0. The molecule has 0 spiro atoms. The molecule has 0 aliphatic heterocycles. The standard InChI is InChI=1S/C18H27N2/c1-10-11(2)13(4)17(14(5)12(10)3)18-19(8)15(6)16(7)20(18)9/h1-9H3/q+1. The van der Waals surface area contributed by atoms with Crippen LogP contribution in [0.4, 0.5) is 0 Å². The molecule has 1 aromatic heterocycles. The molecule has 108 valence electrons. The molecule has 0 saturated carbocycles. The third kappa shape index (κ3) is 1.81. The van der Waals surface area contributed by atoms with E-state index in [0.717, 1.165) is 0 Å². The third-order valence-corrected chi connectivity index (χ3v) is 5.39. The molecule has 20 heavy (non-hydrogen) atoms. The summed E-state index contributed by atoms with van der Waals surface area (Å²) in [6.07, 6.45) is 0. The highest BCUT2D eigenvalue weighted by Gasteiger charge is 2.26. The Labute approximate surface area is 123 Å². The lowest BCUT2D eigenvalue weighted by Crippen LogP contribution is -2.33. The van der Waals surface area contributed by atoms with Gasteiger partial charge in [-0.25, -0.2) is 9.13 Å². The van der Waals surface area contributed by atoms with E-state index in [4.69, 9.17) is 0 Å². The van der Waals surface area contributed by atoms with Gasteiger partial charge in [-0.1, -0.05) is 0 Å². The summed E-state index contributed by atoms with van der Waals surface area (Å²) >= 11 is 0. The molecule has 0 bridgehead atoms. The molecule has 0 radical (unpaired) electrons. The van der Waals surface area contributed by atoms with E-state index in [-0.39, 0.29) is 0 Å². The maximum absolute atomic E-state index is 2.32. The van der Waals surface area contributed by atoms with Crippen LogP contribution in [0.3, 0.4) is 0 Å². The van der Waals surface area contributed by atoms with Crippen LogP contribution in [-0.4, -0.2) is 4.57 Å². The van der Waals surface area contributed by atoms with Crippen LogP contribution in [0.25, 0.3) is 11.4 Å². The fraction of sp³-hybridized carbons (Fsp3) is 0.500. The second kappa shape index (κ2) is 4.76. The van der Waals surface area contributed by atoms with Crippen LogP contribution in [-0.2, 0) is 14.1 Å². The van der Waals surface area contributed by atoms with E-state index < -0.39 is 0 Å². The lowest BCUT2D eigenvalue weighted by atomic mass is 9.89. The molecule has 2 heteroatoms. The van der Waals surface area contributed by atoms with E-state index in [1.54, 1.807) is 0 Å². The van der Waals surface area contributed by atoms with Crippen LogP contribution in [0, 0.1) is 48.5 Å². The summed E-state index contributed by atoms with van der Waals surface area (Å²) < 4.78 is 4.64. The maximum atomic E-state index is 2.32. The first kappa shape index (κ1) is 14.8. The van der Waals surface area contributed by atoms with Crippen molar-refractivity contribution in [1.82, 2.24) is 4.57 Å². The molecular formula is C18H27N2+. The Hall–Kier alpha value is -1.57. The van der Waals surface area contributed by atoms with E-state index in [1.807, 2.05) is 0 Å². The van der Waals surface area contributed by atoms with Crippen molar-refractivity contribution in [3.63, 3.8) is 0 Å². The van der Waals surface area contributed by atoms with E-state index in [0.29, 0.717) is 0 Å². The van der Waals surface area contributed by atoms with Gasteiger partial charge in [-0.05, 0) is 62.4 Å². The second-order valence-electron chi connectivity index (χ2n) is 6.11. The van der Waals surface area contributed by atoms with Gasteiger partial charge in [0.15, 0.2) is 0 Å². The number of hydrogen-bond acceptors (Lipinski definition) is 0. The summed E-state index contributed by atoms with van der Waals surface area (Å²) in [5.41, 5.74) is 11.1. The van der Waals surface area contributed by atoms with E-state index in [9.17, 15) is 0 Å². The zero-order chi connectivity index (χ0) is 15.4. The smallest absolute Gasteiger partial charge is 0.230 e. The van der Waals surface area contributed by atoms with Crippen molar-refractivity contribution in [2.45, 2.75) is 48.5 Å². The molecule has 0 fully saturated rings. The number of nitrogens with zero attached hydrogens (tertiary/aromatic N) is 2. The molecule has 0 aliphatic carbocycles. The second-order valence-corrected chi connectivity index (χ2v) is 6.11. The fourth-order valence-electron chi connectivity index (χ4n) is 3.20. The highest BCUT2D eigenvalue weighted by Crippen LogP contribution is 2.33. The number of aromatic nitrogens is 2. The largest absolute Gasteiger partial charge is 0.289 e. The molecule has 0 aliphatic rings. The SMILES string of the molecule is Cc1c(C)c(C)c(-c2n(C)c(C)c(C)[n+]2C)c(C)c1C. The van der Waals surface area contributed by atoms with Crippen molar-refractivity contribution in [2.75, 3.05) is 0 Å². The summed E-state index contributed by atoms with van der Waals surface area (Å²) in [5, 5.41) is 0. The molecule has 1 heterocycles. The lowest BCUT2D eigenvalue weighted by Gasteiger charge is -2.17. The van der Waals surface area contributed by atoms with Gasteiger partial charge in [-0.3, -0.25) is 0 Å². The summed E-state index contributed by atoms with van der Waals surface area (Å²) in [7, 11) is 4.34. The zero-order valence-electron chi connectivity index (χ0n) is 14.4. The number of benzene rings is 1. The summed E-state index contributed by atoms with van der Waals surface area (Å²) in [5.74, 6) is 1.31. The van der Waals surface area contributed by atoms with Crippen LogP contribution in [0.15, 0.2) is 0 Å². The van der Waals surface area contributed by atoms with Gasteiger partial charge < -0.3 is 0 Å². The van der Waals surface area contributed by atoms with Gasteiger partial charge in [0.05, 0.1) is 19.7 Å². The normalized spacial score (nSPS) is 11.2. The molecule has 0 unspecified atom stereocenters. The molecule has 1 aromatic carbocycles. The molecule has 0 saturated heterocycles. The molecule has 0 N–H and O–H groups in total. The van der Waals surface area contributed by atoms with Gasteiger partial charge in [0, 0.05) is 13.8 Å². The molecular weight excluding hydrogens is 244 g/mol. The predicted molar refractivity (Wildman–Crippen MR) is 85.2 cm³/mol. The van der Waals surface area contributed by atoms with Crippen LogP contribution in [0.1, 0.15) is 39.2 Å². The first-order valence-electron chi connectivity index (χ1n) is 7.29. The minimum absolute atomic E-state index is 1.31. The van der Waals surface area contributed by atoms with Crippen molar-refractivity contribution < 1.29 is 4.57 Å². The van der Waals surface area contributed by atoms with E-state index >= 15 is 0 Å². The van der Waals surface area contributed by atoms with Crippen molar-refractivity contribution >= 4 is 0 Å². The van der Waals surface area contributed by atoms with Crippen molar-refractivity contribution in [3.05, 3.63) is 39.2 Å². The molecule has 0 atom stereocenters.